The molecule has 1 fully saturated rings. The van der Waals surface area contributed by atoms with Gasteiger partial charge < -0.3 is 10.2 Å². The lowest BCUT2D eigenvalue weighted by molar-refractivity contribution is 0.117. The van der Waals surface area contributed by atoms with Crippen molar-refractivity contribution in [2.45, 2.75) is 46.6 Å². The fourth-order valence-electron chi connectivity index (χ4n) is 4.26. The molecule has 7 nitrogen and oxygen atoms in total. The van der Waals surface area contributed by atoms with Crippen LogP contribution in [0.15, 0.2) is 30.7 Å². The van der Waals surface area contributed by atoms with Crippen LogP contribution in [0, 0.1) is 16.7 Å². The van der Waals surface area contributed by atoms with Gasteiger partial charge in [-0.1, -0.05) is 27.7 Å². The predicted octanol–water partition coefficient (Wildman–Crippen LogP) is 3.99. The second kappa shape index (κ2) is 9.96. The second-order valence-electron chi connectivity index (χ2n) is 8.75. The fourth-order valence-corrected chi connectivity index (χ4v) is 4.26. The zero-order valence-corrected chi connectivity index (χ0v) is 18.6. The number of nitrogens with one attached hydrogen (secondary N) is 1. The monoisotopic (exact) mass is 407 g/mol. The molecule has 0 saturated carbocycles. The molecule has 1 atom stereocenters. The van der Waals surface area contributed by atoms with E-state index in [9.17, 15) is 0 Å². The van der Waals surface area contributed by atoms with Crippen molar-refractivity contribution in [3.63, 3.8) is 0 Å². The summed E-state index contributed by atoms with van der Waals surface area (Å²) in [6.07, 6.45) is 7.63. The van der Waals surface area contributed by atoms with Crippen LogP contribution in [0.1, 0.15) is 58.0 Å². The summed E-state index contributed by atoms with van der Waals surface area (Å²) < 4.78 is 0. The normalized spacial score (nSPS) is 17.3. The van der Waals surface area contributed by atoms with E-state index in [1.807, 2.05) is 18.3 Å². The number of hydrogen-bond acceptors (Lipinski definition) is 7. The second-order valence-corrected chi connectivity index (χ2v) is 8.75. The van der Waals surface area contributed by atoms with Crippen LogP contribution in [0.3, 0.4) is 0 Å². The molecule has 30 heavy (non-hydrogen) atoms. The Morgan fingerprint density at radius 1 is 1.17 bits per heavy atom. The average molecular weight is 408 g/mol. The number of likely N-dealkylation sites (tertiary alicyclic amines) is 1. The first kappa shape index (κ1) is 22.1. The third-order valence-electron chi connectivity index (χ3n) is 5.70. The predicted molar refractivity (Wildman–Crippen MR) is 119 cm³/mol. The van der Waals surface area contributed by atoms with Gasteiger partial charge in [-0.2, -0.15) is 5.26 Å². The minimum Gasteiger partial charge on any atom is -0.338 e. The highest BCUT2D eigenvalue weighted by molar-refractivity contribution is 5.54. The molecule has 0 amide bonds. The summed E-state index contributed by atoms with van der Waals surface area (Å²) in [5.74, 6) is 0.677. The van der Waals surface area contributed by atoms with Crippen LogP contribution in [0.4, 0.5) is 11.5 Å². The van der Waals surface area contributed by atoms with Gasteiger partial charge in [0.15, 0.2) is 0 Å². The third-order valence-corrected chi connectivity index (χ3v) is 5.70. The molecular weight excluding hydrogens is 374 g/mol. The molecule has 1 saturated heterocycles. The van der Waals surface area contributed by atoms with Crippen molar-refractivity contribution in [2.75, 3.05) is 38.0 Å². The van der Waals surface area contributed by atoms with Crippen LogP contribution < -0.4 is 5.32 Å². The van der Waals surface area contributed by atoms with Gasteiger partial charge in [-0.05, 0) is 50.0 Å². The molecule has 1 aliphatic heterocycles. The quantitative estimate of drug-likeness (QED) is 0.673. The Bertz CT molecular complexity index is 835. The van der Waals surface area contributed by atoms with E-state index >= 15 is 0 Å². The van der Waals surface area contributed by atoms with E-state index in [0.29, 0.717) is 17.6 Å². The van der Waals surface area contributed by atoms with E-state index in [1.54, 1.807) is 18.5 Å². The largest absolute Gasteiger partial charge is 0.338 e. The van der Waals surface area contributed by atoms with Crippen molar-refractivity contribution in [3.05, 3.63) is 42.1 Å². The molecule has 7 heteroatoms. The van der Waals surface area contributed by atoms with Crippen LogP contribution in [-0.2, 0) is 0 Å². The lowest BCUT2D eigenvalue weighted by Crippen LogP contribution is -2.42. The summed E-state index contributed by atoms with van der Waals surface area (Å²) in [5, 5.41) is 12.0. The smallest absolute Gasteiger partial charge is 0.148 e. The van der Waals surface area contributed by atoms with Crippen LogP contribution in [0.5, 0.6) is 0 Å². The van der Waals surface area contributed by atoms with Gasteiger partial charge in [0.1, 0.15) is 17.6 Å². The molecule has 0 unspecified atom stereocenters. The molecule has 0 aliphatic carbocycles. The number of hydrogen-bond donors (Lipinski definition) is 1. The summed E-state index contributed by atoms with van der Waals surface area (Å²) in [4.78, 5) is 18.4. The standard InChI is InChI=1S/C23H33N7/c1-5-29(6-2)16-23(3,4)17-30-11-7-8-21(30)20-14-27-22(15-26-20)28-19-10-9-18(12-24)25-13-19/h9-10,13-15,21H,5-8,11,16-17H2,1-4H3,(H,27,28)/t21-/m0/s1. The Morgan fingerprint density at radius 2 is 1.97 bits per heavy atom. The maximum atomic E-state index is 8.85. The van der Waals surface area contributed by atoms with Gasteiger partial charge in [0.25, 0.3) is 0 Å². The molecule has 0 spiro atoms. The summed E-state index contributed by atoms with van der Waals surface area (Å²) >= 11 is 0. The highest BCUT2D eigenvalue weighted by Crippen LogP contribution is 2.34. The summed E-state index contributed by atoms with van der Waals surface area (Å²) in [6.45, 7) is 14.7. The van der Waals surface area contributed by atoms with Crippen molar-refractivity contribution in [1.82, 2.24) is 24.8 Å². The third kappa shape index (κ3) is 5.74. The zero-order valence-electron chi connectivity index (χ0n) is 18.6. The summed E-state index contributed by atoms with van der Waals surface area (Å²) in [7, 11) is 0. The van der Waals surface area contributed by atoms with E-state index < -0.39 is 0 Å². The first-order valence-electron chi connectivity index (χ1n) is 10.9. The van der Waals surface area contributed by atoms with Gasteiger partial charge in [-0.25, -0.2) is 9.97 Å². The SMILES string of the molecule is CCN(CC)CC(C)(C)CN1CCC[C@H]1c1cnc(Nc2ccc(C#N)nc2)cn1. The number of rotatable bonds is 9. The maximum Gasteiger partial charge on any atom is 0.148 e. The van der Waals surface area contributed by atoms with Crippen molar-refractivity contribution in [1.29, 1.82) is 5.26 Å². The van der Waals surface area contributed by atoms with E-state index in [4.69, 9.17) is 10.2 Å². The topological polar surface area (TPSA) is 81.0 Å². The number of nitrogens with zero attached hydrogens (tertiary/aromatic N) is 6. The van der Waals surface area contributed by atoms with Gasteiger partial charge in [-0.15, -0.1) is 0 Å². The molecule has 2 aromatic heterocycles. The molecule has 0 radical (unpaired) electrons. The summed E-state index contributed by atoms with van der Waals surface area (Å²) in [5.41, 5.74) is 2.45. The van der Waals surface area contributed by atoms with E-state index in [2.05, 4.69) is 52.8 Å². The van der Waals surface area contributed by atoms with Gasteiger partial charge in [0.05, 0.1) is 36.0 Å². The van der Waals surface area contributed by atoms with Gasteiger partial charge in [0.2, 0.25) is 0 Å². The first-order chi connectivity index (χ1) is 14.4. The van der Waals surface area contributed by atoms with Crippen LogP contribution >= 0.6 is 0 Å². The molecule has 1 N–H and O–H groups in total. The summed E-state index contributed by atoms with van der Waals surface area (Å²) in [6, 6.07) is 5.85. The van der Waals surface area contributed by atoms with E-state index in [1.165, 1.54) is 6.42 Å². The number of aromatic nitrogens is 3. The van der Waals surface area contributed by atoms with Gasteiger partial charge in [0, 0.05) is 13.1 Å². The number of anilines is 2. The molecule has 160 valence electrons. The zero-order chi connectivity index (χ0) is 21.6. The molecule has 0 bridgehead atoms. The Kier molecular flexibility index (Phi) is 7.35. The molecule has 0 aromatic carbocycles. The van der Waals surface area contributed by atoms with Crippen molar-refractivity contribution >= 4 is 11.5 Å². The minimum atomic E-state index is 0.228. The molecule has 3 rings (SSSR count). The van der Waals surface area contributed by atoms with E-state index in [0.717, 1.165) is 50.5 Å². The van der Waals surface area contributed by atoms with Gasteiger partial charge in [-0.3, -0.25) is 9.88 Å². The Hall–Kier alpha value is -2.56. The Labute approximate surface area is 180 Å². The highest BCUT2D eigenvalue weighted by atomic mass is 15.2. The van der Waals surface area contributed by atoms with Crippen LogP contribution in [0.2, 0.25) is 0 Å². The molecular formula is C23H33N7. The minimum absolute atomic E-state index is 0.228. The number of pyridine rings is 1. The maximum absolute atomic E-state index is 8.85. The van der Waals surface area contributed by atoms with Crippen LogP contribution in [-0.4, -0.2) is 57.5 Å². The average Bonchev–Trinajstić information content (AvgIpc) is 3.20. The van der Waals surface area contributed by atoms with Crippen molar-refractivity contribution < 1.29 is 0 Å². The molecule has 2 aromatic rings. The first-order valence-corrected chi connectivity index (χ1v) is 10.9. The molecule has 1 aliphatic rings. The Morgan fingerprint density at radius 3 is 2.57 bits per heavy atom. The van der Waals surface area contributed by atoms with Crippen molar-refractivity contribution in [3.8, 4) is 6.07 Å². The van der Waals surface area contributed by atoms with E-state index in [-0.39, 0.29) is 5.41 Å². The highest BCUT2D eigenvalue weighted by Gasteiger charge is 2.32. The lowest BCUT2D eigenvalue weighted by atomic mass is 9.91. The van der Waals surface area contributed by atoms with Crippen LogP contribution in [0.25, 0.3) is 0 Å². The Balaban J connectivity index is 1.63. The lowest BCUT2D eigenvalue weighted by Gasteiger charge is -2.36. The van der Waals surface area contributed by atoms with Crippen molar-refractivity contribution in [2.24, 2.45) is 5.41 Å². The molecule has 3 heterocycles. The number of nitriles is 1. The fraction of sp³-hybridized carbons (Fsp3) is 0.565. The van der Waals surface area contributed by atoms with Gasteiger partial charge >= 0.3 is 0 Å².